The highest BCUT2D eigenvalue weighted by Crippen LogP contribution is 2.29. The van der Waals surface area contributed by atoms with Crippen LogP contribution in [0.5, 0.6) is 11.5 Å². The van der Waals surface area contributed by atoms with Crippen LogP contribution < -0.4 is 9.47 Å². The fraction of sp³-hybridized carbons (Fsp3) is 0.174. The molecule has 0 N–H and O–H groups in total. The van der Waals surface area contributed by atoms with Gasteiger partial charge in [0, 0.05) is 10.7 Å². The first kappa shape index (κ1) is 19.2. The SMILES string of the molecule is CCOc1cc(C=Nc2ccccc2C)ccc1OCc1ccc(Br)cc1. The Hall–Kier alpha value is -2.59. The molecule has 0 aromatic heterocycles. The minimum Gasteiger partial charge on any atom is -0.490 e. The lowest BCUT2D eigenvalue weighted by Gasteiger charge is -2.12. The van der Waals surface area contributed by atoms with E-state index in [2.05, 4.69) is 33.9 Å². The van der Waals surface area contributed by atoms with Gasteiger partial charge in [0.1, 0.15) is 6.61 Å². The van der Waals surface area contributed by atoms with E-state index >= 15 is 0 Å². The van der Waals surface area contributed by atoms with Crippen molar-refractivity contribution < 1.29 is 9.47 Å². The predicted octanol–water partition coefficient (Wildman–Crippen LogP) is 6.49. The van der Waals surface area contributed by atoms with Gasteiger partial charge in [-0.1, -0.05) is 46.3 Å². The zero-order valence-electron chi connectivity index (χ0n) is 15.5. The van der Waals surface area contributed by atoms with Gasteiger partial charge < -0.3 is 9.47 Å². The van der Waals surface area contributed by atoms with E-state index in [1.54, 1.807) is 0 Å². The van der Waals surface area contributed by atoms with Crippen molar-refractivity contribution in [2.45, 2.75) is 20.5 Å². The predicted molar refractivity (Wildman–Crippen MR) is 115 cm³/mol. The summed E-state index contributed by atoms with van der Waals surface area (Å²) in [6.07, 6.45) is 1.85. The third kappa shape index (κ3) is 5.44. The van der Waals surface area contributed by atoms with Crippen LogP contribution in [0.3, 0.4) is 0 Å². The molecule has 0 radical (unpaired) electrons. The van der Waals surface area contributed by atoms with E-state index in [0.29, 0.717) is 13.2 Å². The molecule has 0 saturated carbocycles. The number of hydrogen-bond donors (Lipinski definition) is 0. The molecule has 0 spiro atoms. The maximum absolute atomic E-state index is 5.97. The Balaban J connectivity index is 1.75. The van der Waals surface area contributed by atoms with Gasteiger partial charge in [-0.25, -0.2) is 0 Å². The quantitative estimate of drug-likeness (QED) is 0.406. The van der Waals surface area contributed by atoms with Gasteiger partial charge in [-0.3, -0.25) is 4.99 Å². The minimum absolute atomic E-state index is 0.490. The molecule has 0 aliphatic rings. The summed E-state index contributed by atoms with van der Waals surface area (Å²) in [5, 5.41) is 0. The highest BCUT2D eigenvalue weighted by molar-refractivity contribution is 9.10. The lowest BCUT2D eigenvalue weighted by molar-refractivity contribution is 0.269. The fourth-order valence-corrected chi connectivity index (χ4v) is 2.85. The molecule has 4 heteroatoms. The zero-order valence-corrected chi connectivity index (χ0v) is 17.1. The second-order valence-corrected chi connectivity index (χ2v) is 7.01. The molecule has 0 atom stereocenters. The largest absolute Gasteiger partial charge is 0.490 e. The summed E-state index contributed by atoms with van der Waals surface area (Å²) < 4.78 is 12.8. The third-order valence-electron chi connectivity index (χ3n) is 4.04. The molecule has 3 rings (SSSR count). The van der Waals surface area contributed by atoms with Crippen molar-refractivity contribution in [2.75, 3.05) is 6.61 Å². The standard InChI is InChI=1S/C23H22BrNO2/c1-3-26-23-14-19(15-25-21-7-5-4-6-17(21)2)10-13-22(23)27-16-18-8-11-20(24)12-9-18/h4-15H,3,16H2,1-2H3. The molecule has 0 amide bonds. The van der Waals surface area contributed by atoms with Gasteiger partial charge in [0.25, 0.3) is 0 Å². The maximum Gasteiger partial charge on any atom is 0.161 e. The number of rotatable bonds is 7. The third-order valence-corrected chi connectivity index (χ3v) is 4.57. The van der Waals surface area contributed by atoms with Crippen LogP contribution in [0, 0.1) is 6.92 Å². The molecule has 3 aromatic rings. The highest BCUT2D eigenvalue weighted by Gasteiger charge is 2.07. The number of aryl methyl sites for hydroxylation is 1. The molecule has 138 valence electrons. The van der Waals surface area contributed by atoms with Crippen LogP contribution in [0.25, 0.3) is 0 Å². The lowest BCUT2D eigenvalue weighted by atomic mass is 10.2. The summed E-state index contributed by atoms with van der Waals surface area (Å²) in [6, 6.07) is 22.0. The fourth-order valence-electron chi connectivity index (χ4n) is 2.59. The van der Waals surface area contributed by atoms with Gasteiger partial charge in [-0.05, 0) is 66.9 Å². The van der Waals surface area contributed by atoms with E-state index in [0.717, 1.165) is 38.3 Å². The Kier molecular flexibility index (Phi) is 6.66. The number of nitrogens with zero attached hydrogens (tertiary/aromatic N) is 1. The average molecular weight is 424 g/mol. The topological polar surface area (TPSA) is 30.8 Å². The Bertz CT molecular complexity index is 920. The van der Waals surface area contributed by atoms with Crippen LogP contribution in [0.1, 0.15) is 23.6 Å². The van der Waals surface area contributed by atoms with E-state index in [-0.39, 0.29) is 0 Å². The van der Waals surface area contributed by atoms with Crippen LogP contribution >= 0.6 is 15.9 Å². The van der Waals surface area contributed by atoms with Crippen LogP contribution in [0.15, 0.2) is 76.2 Å². The van der Waals surface area contributed by atoms with E-state index in [9.17, 15) is 0 Å². The molecular weight excluding hydrogens is 402 g/mol. The van der Waals surface area contributed by atoms with Crippen molar-refractivity contribution in [1.82, 2.24) is 0 Å². The summed E-state index contributed by atoms with van der Waals surface area (Å²) >= 11 is 3.44. The molecule has 27 heavy (non-hydrogen) atoms. The van der Waals surface area contributed by atoms with Crippen molar-refractivity contribution >= 4 is 27.8 Å². The van der Waals surface area contributed by atoms with Crippen molar-refractivity contribution in [1.29, 1.82) is 0 Å². The van der Waals surface area contributed by atoms with Crippen molar-refractivity contribution in [2.24, 2.45) is 4.99 Å². The second-order valence-electron chi connectivity index (χ2n) is 6.10. The lowest BCUT2D eigenvalue weighted by Crippen LogP contribution is -2.00. The van der Waals surface area contributed by atoms with Crippen LogP contribution in [-0.4, -0.2) is 12.8 Å². The number of benzene rings is 3. The van der Waals surface area contributed by atoms with Crippen molar-refractivity contribution in [3.05, 3.63) is 87.9 Å². The van der Waals surface area contributed by atoms with E-state index in [1.165, 1.54) is 0 Å². The molecule has 0 aliphatic heterocycles. The second kappa shape index (κ2) is 9.38. The first-order chi connectivity index (χ1) is 13.2. The van der Waals surface area contributed by atoms with Gasteiger partial charge >= 0.3 is 0 Å². The van der Waals surface area contributed by atoms with Gasteiger partial charge in [-0.15, -0.1) is 0 Å². The highest BCUT2D eigenvalue weighted by atomic mass is 79.9. The van der Waals surface area contributed by atoms with E-state index in [1.807, 2.05) is 73.8 Å². The smallest absolute Gasteiger partial charge is 0.161 e. The van der Waals surface area contributed by atoms with Gasteiger partial charge in [-0.2, -0.15) is 0 Å². The van der Waals surface area contributed by atoms with E-state index < -0.39 is 0 Å². The summed E-state index contributed by atoms with van der Waals surface area (Å²) in [5.74, 6) is 1.45. The van der Waals surface area contributed by atoms with Gasteiger partial charge in [0.15, 0.2) is 11.5 Å². The molecule has 0 fully saturated rings. The Morgan fingerprint density at radius 3 is 2.44 bits per heavy atom. The molecule has 0 heterocycles. The van der Waals surface area contributed by atoms with Gasteiger partial charge in [0.05, 0.1) is 12.3 Å². The van der Waals surface area contributed by atoms with Crippen molar-refractivity contribution in [3.8, 4) is 11.5 Å². The number of para-hydroxylation sites is 1. The first-order valence-electron chi connectivity index (χ1n) is 8.89. The number of ether oxygens (including phenoxy) is 2. The molecule has 0 bridgehead atoms. The Morgan fingerprint density at radius 2 is 1.70 bits per heavy atom. The molecule has 3 nitrogen and oxygen atoms in total. The zero-order chi connectivity index (χ0) is 19.1. The Labute approximate surface area is 168 Å². The molecular formula is C23H22BrNO2. The van der Waals surface area contributed by atoms with E-state index in [4.69, 9.17) is 9.47 Å². The van der Waals surface area contributed by atoms with Crippen LogP contribution in [0.2, 0.25) is 0 Å². The molecule has 0 saturated heterocycles. The molecule has 3 aromatic carbocycles. The summed E-state index contributed by atoms with van der Waals surface area (Å²) in [7, 11) is 0. The number of halogens is 1. The number of aliphatic imine (C=N–C) groups is 1. The number of hydrogen-bond acceptors (Lipinski definition) is 3. The average Bonchev–Trinajstić information content (AvgIpc) is 2.68. The normalized spacial score (nSPS) is 10.9. The van der Waals surface area contributed by atoms with Crippen LogP contribution in [-0.2, 0) is 6.61 Å². The van der Waals surface area contributed by atoms with Crippen LogP contribution in [0.4, 0.5) is 5.69 Å². The minimum atomic E-state index is 0.490. The van der Waals surface area contributed by atoms with Crippen molar-refractivity contribution in [3.63, 3.8) is 0 Å². The Morgan fingerprint density at radius 1 is 0.926 bits per heavy atom. The van der Waals surface area contributed by atoms with Gasteiger partial charge in [0.2, 0.25) is 0 Å². The summed E-state index contributed by atoms with van der Waals surface area (Å²) in [6.45, 7) is 5.08. The molecule has 0 unspecified atom stereocenters. The maximum atomic E-state index is 5.97. The summed E-state index contributed by atoms with van der Waals surface area (Å²) in [4.78, 5) is 4.58. The summed E-state index contributed by atoms with van der Waals surface area (Å²) in [5.41, 5.74) is 4.18. The molecule has 0 aliphatic carbocycles. The monoisotopic (exact) mass is 423 g/mol. The first-order valence-corrected chi connectivity index (χ1v) is 9.69.